The number of rotatable bonds is 7. The monoisotopic (exact) mass is 516 g/mol. The van der Waals surface area contributed by atoms with E-state index in [1.54, 1.807) is 41.0 Å². The zero-order valence-corrected chi connectivity index (χ0v) is 21.4. The van der Waals surface area contributed by atoms with E-state index in [0.29, 0.717) is 35.6 Å². The summed E-state index contributed by atoms with van der Waals surface area (Å²) in [5.41, 5.74) is 1.89. The number of fused-ring (bicyclic) bond motifs is 2. The second-order valence-corrected chi connectivity index (χ2v) is 11.0. The van der Waals surface area contributed by atoms with Gasteiger partial charge in [-0.2, -0.15) is 8.42 Å². The molecule has 0 aliphatic carbocycles. The van der Waals surface area contributed by atoms with Gasteiger partial charge in [0, 0.05) is 24.2 Å². The molecule has 190 valence electrons. The summed E-state index contributed by atoms with van der Waals surface area (Å²) in [5, 5.41) is 17.7. The molecule has 37 heavy (non-hydrogen) atoms. The SMILES string of the molecule is CC(C)CCn1c(=O)c(C2=NS(=O)(=O)c3cc(NCc4ccccc4)ccc3N2)c(O)c2ccccc21. The number of hydrogen-bond acceptors (Lipinski definition) is 6. The molecule has 0 bridgehead atoms. The van der Waals surface area contributed by atoms with E-state index in [4.69, 9.17) is 0 Å². The van der Waals surface area contributed by atoms with Crippen LogP contribution < -0.4 is 16.2 Å². The van der Waals surface area contributed by atoms with Crippen molar-refractivity contribution in [3.63, 3.8) is 0 Å². The molecule has 0 unspecified atom stereocenters. The van der Waals surface area contributed by atoms with Crippen LogP contribution in [0.3, 0.4) is 0 Å². The van der Waals surface area contributed by atoms with Crippen LogP contribution in [0.5, 0.6) is 5.75 Å². The zero-order chi connectivity index (χ0) is 26.2. The first-order chi connectivity index (χ1) is 17.7. The first-order valence-corrected chi connectivity index (χ1v) is 13.6. The summed E-state index contributed by atoms with van der Waals surface area (Å²) in [6, 6.07) is 21.7. The van der Waals surface area contributed by atoms with Crippen molar-refractivity contribution < 1.29 is 13.5 Å². The number of nitrogens with one attached hydrogen (secondary N) is 2. The summed E-state index contributed by atoms with van der Waals surface area (Å²) >= 11 is 0. The molecule has 0 saturated carbocycles. The predicted molar refractivity (Wildman–Crippen MR) is 147 cm³/mol. The Labute approximate surface area is 215 Å². The van der Waals surface area contributed by atoms with Crippen molar-refractivity contribution in [2.75, 3.05) is 10.6 Å². The Morgan fingerprint density at radius 3 is 2.51 bits per heavy atom. The fourth-order valence-corrected chi connectivity index (χ4v) is 5.54. The van der Waals surface area contributed by atoms with Gasteiger partial charge in [-0.25, -0.2) is 0 Å². The highest BCUT2D eigenvalue weighted by Gasteiger charge is 2.30. The van der Waals surface area contributed by atoms with Crippen LogP contribution >= 0.6 is 0 Å². The minimum absolute atomic E-state index is 0.00489. The number of aromatic hydroxyl groups is 1. The molecule has 0 atom stereocenters. The van der Waals surface area contributed by atoms with Crippen LogP contribution in [0.2, 0.25) is 0 Å². The number of para-hydroxylation sites is 1. The fourth-order valence-electron chi connectivity index (χ4n) is 4.39. The van der Waals surface area contributed by atoms with Gasteiger partial charge in [0.05, 0.1) is 11.2 Å². The van der Waals surface area contributed by atoms with Crippen molar-refractivity contribution in [2.24, 2.45) is 10.3 Å². The summed E-state index contributed by atoms with van der Waals surface area (Å²) in [5.74, 6) is -0.137. The van der Waals surface area contributed by atoms with Gasteiger partial charge in [-0.1, -0.05) is 56.3 Å². The first-order valence-electron chi connectivity index (χ1n) is 12.1. The zero-order valence-electron chi connectivity index (χ0n) is 20.6. The Balaban J connectivity index is 1.55. The van der Waals surface area contributed by atoms with Gasteiger partial charge in [0.15, 0.2) is 5.84 Å². The minimum atomic E-state index is -4.14. The van der Waals surface area contributed by atoms with Crippen molar-refractivity contribution >= 4 is 38.1 Å². The molecule has 9 heteroatoms. The van der Waals surface area contributed by atoms with Crippen molar-refractivity contribution in [2.45, 2.75) is 38.3 Å². The van der Waals surface area contributed by atoms with E-state index in [1.807, 2.05) is 30.3 Å². The van der Waals surface area contributed by atoms with Crippen molar-refractivity contribution in [3.8, 4) is 5.75 Å². The normalized spacial score (nSPS) is 14.2. The molecule has 2 heterocycles. The van der Waals surface area contributed by atoms with Crippen molar-refractivity contribution in [3.05, 3.63) is 94.3 Å². The van der Waals surface area contributed by atoms with Crippen LogP contribution in [0.25, 0.3) is 10.9 Å². The van der Waals surface area contributed by atoms with Gasteiger partial charge in [0.2, 0.25) is 0 Å². The quantitative estimate of drug-likeness (QED) is 0.321. The van der Waals surface area contributed by atoms with Gasteiger partial charge in [-0.15, -0.1) is 4.40 Å². The standard InChI is InChI=1S/C28H28N4O4S/c1-18(2)14-15-32-23-11-7-6-10-21(23)26(33)25(28(32)34)27-30-22-13-12-20(16-24(22)37(35,36)31-27)29-17-19-8-4-3-5-9-19/h3-13,16,18,29,33H,14-15,17H2,1-2H3,(H,30,31). The number of pyridine rings is 1. The van der Waals surface area contributed by atoms with Crippen LogP contribution in [-0.2, 0) is 23.1 Å². The lowest BCUT2D eigenvalue weighted by atomic mass is 10.1. The summed E-state index contributed by atoms with van der Waals surface area (Å²) < 4.78 is 32.0. The summed E-state index contributed by atoms with van der Waals surface area (Å²) in [6.45, 7) is 5.08. The number of aromatic nitrogens is 1. The second-order valence-electron chi connectivity index (χ2n) is 9.47. The topological polar surface area (TPSA) is 113 Å². The largest absolute Gasteiger partial charge is 0.506 e. The molecule has 1 aromatic heterocycles. The van der Waals surface area contributed by atoms with E-state index >= 15 is 0 Å². The Bertz CT molecular complexity index is 1680. The molecule has 0 amide bonds. The highest BCUT2D eigenvalue weighted by molar-refractivity contribution is 7.90. The fraction of sp³-hybridized carbons (Fsp3) is 0.214. The second kappa shape index (κ2) is 9.74. The molecule has 0 spiro atoms. The van der Waals surface area contributed by atoms with Crippen molar-refractivity contribution in [1.82, 2.24) is 4.57 Å². The van der Waals surface area contributed by atoms with Gasteiger partial charge in [-0.3, -0.25) is 4.79 Å². The summed E-state index contributed by atoms with van der Waals surface area (Å²) in [6.07, 6.45) is 0.744. The van der Waals surface area contributed by atoms with Crippen LogP contribution in [0, 0.1) is 5.92 Å². The molecule has 4 aromatic rings. The maximum absolute atomic E-state index is 13.6. The Morgan fingerprint density at radius 1 is 1.03 bits per heavy atom. The maximum Gasteiger partial charge on any atom is 0.286 e. The Hall–Kier alpha value is -4.11. The van der Waals surface area contributed by atoms with E-state index in [9.17, 15) is 18.3 Å². The number of sulfonamides is 1. The van der Waals surface area contributed by atoms with Crippen LogP contribution in [0.4, 0.5) is 11.4 Å². The van der Waals surface area contributed by atoms with Gasteiger partial charge < -0.3 is 20.3 Å². The number of aryl methyl sites for hydroxylation is 1. The number of benzene rings is 3. The highest BCUT2D eigenvalue weighted by Crippen LogP contribution is 2.34. The Kier molecular flexibility index (Phi) is 6.47. The van der Waals surface area contributed by atoms with E-state index in [1.165, 1.54) is 6.07 Å². The average Bonchev–Trinajstić information content (AvgIpc) is 2.88. The van der Waals surface area contributed by atoms with Crippen LogP contribution in [0.15, 0.2) is 86.9 Å². The van der Waals surface area contributed by atoms with E-state index in [-0.39, 0.29) is 27.7 Å². The van der Waals surface area contributed by atoms with Crippen LogP contribution in [-0.4, -0.2) is 23.9 Å². The van der Waals surface area contributed by atoms with Crippen molar-refractivity contribution in [1.29, 1.82) is 0 Å². The molecule has 3 aromatic carbocycles. The van der Waals surface area contributed by atoms with E-state index < -0.39 is 15.6 Å². The number of anilines is 2. The Morgan fingerprint density at radius 2 is 1.76 bits per heavy atom. The molecule has 3 N–H and O–H groups in total. The summed E-state index contributed by atoms with van der Waals surface area (Å²) in [4.78, 5) is 13.6. The highest BCUT2D eigenvalue weighted by atomic mass is 32.2. The van der Waals surface area contributed by atoms with Gasteiger partial charge >= 0.3 is 0 Å². The van der Waals surface area contributed by atoms with Gasteiger partial charge in [-0.05, 0) is 48.2 Å². The van der Waals surface area contributed by atoms with Crippen LogP contribution in [0.1, 0.15) is 31.4 Å². The third-order valence-electron chi connectivity index (χ3n) is 6.38. The predicted octanol–water partition coefficient (Wildman–Crippen LogP) is 4.93. The first kappa shape index (κ1) is 24.6. The molecular weight excluding hydrogens is 488 g/mol. The number of hydrogen-bond donors (Lipinski definition) is 3. The average molecular weight is 517 g/mol. The van der Waals surface area contributed by atoms with E-state index in [0.717, 1.165) is 12.0 Å². The molecule has 0 radical (unpaired) electrons. The van der Waals surface area contributed by atoms with Gasteiger partial charge in [0.1, 0.15) is 16.2 Å². The molecule has 0 saturated heterocycles. The molecule has 1 aliphatic rings. The minimum Gasteiger partial charge on any atom is -0.506 e. The molecule has 5 rings (SSSR count). The number of amidine groups is 1. The van der Waals surface area contributed by atoms with E-state index in [2.05, 4.69) is 28.9 Å². The maximum atomic E-state index is 13.6. The van der Waals surface area contributed by atoms with Gasteiger partial charge in [0.25, 0.3) is 15.6 Å². The molecular formula is C28H28N4O4S. The third-order valence-corrected chi connectivity index (χ3v) is 7.69. The lowest BCUT2D eigenvalue weighted by Gasteiger charge is -2.21. The lowest BCUT2D eigenvalue weighted by molar-refractivity contribution is 0.474. The summed E-state index contributed by atoms with van der Waals surface area (Å²) in [7, 11) is -4.14. The molecule has 0 fully saturated rings. The molecule has 8 nitrogen and oxygen atoms in total. The molecule has 1 aliphatic heterocycles. The smallest absolute Gasteiger partial charge is 0.286 e. The number of nitrogens with zero attached hydrogens (tertiary/aromatic N) is 2. The lowest BCUT2D eigenvalue weighted by Crippen LogP contribution is -2.33. The third kappa shape index (κ3) is 4.82.